The fourth-order valence-corrected chi connectivity index (χ4v) is 5.93. The Morgan fingerprint density at radius 1 is 0.627 bits per heavy atom. The predicted octanol–water partition coefficient (Wildman–Crippen LogP) is 11.5. The van der Waals surface area contributed by atoms with Gasteiger partial charge in [-0.2, -0.15) is 0 Å². The zero-order valence-corrected chi connectivity index (χ0v) is 38.2. The van der Waals surface area contributed by atoms with E-state index in [0.717, 1.165) is 64.2 Å². The first-order valence-corrected chi connectivity index (χ1v) is 23.6. The highest BCUT2D eigenvalue weighted by Gasteiger charge is 2.27. The van der Waals surface area contributed by atoms with Crippen molar-refractivity contribution in [2.75, 3.05) is 47.5 Å². The van der Waals surface area contributed by atoms with Crippen LogP contribution in [0, 0.1) is 0 Å². The molecule has 0 bridgehead atoms. The minimum absolute atomic E-state index is 0.00397. The fraction of sp³-hybridized carbons (Fsp3) is 0.625. The molecule has 0 aromatic rings. The van der Waals surface area contributed by atoms with Gasteiger partial charge in [0.15, 0.2) is 6.10 Å². The van der Waals surface area contributed by atoms with Gasteiger partial charge in [0.2, 0.25) is 0 Å². The first-order valence-electron chi connectivity index (χ1n) is 22.1. The van der Waals surface area contributed by atoms with E-state index >= 15 is 0 Å². The summed E-state index contributed by atoms with van der Waals surface area (Å²) in [6.07, 6.45) is 47.7. The Hall–Kier alpha value is -3.11. The summed E-state index contributed by atoms with van der Waals surface area (Å²) in [7, 11) is 1.36. The second-order valence-corrected chi connectivity index (χ2v) is 17.0. The number of aliphatic hydroxyl groups excluding tert-OH is 1. The van der Waals surface area contributed by atoms with Gasteiger partial charge >= 0.3 is 19.8 Å². The van der Waals surface area contributed by atoms with E-state index in [9.17, 15) is 24.2 Å². The molecule has 0 aliphatic heterocycles. The fourth-order valence-electron chi connectivity index (χ4n) is 5.19. The van der Waals surface area contributed by atoms with Crippen molar-refractivity contribution >= 4 is 19.8 Å². The summed E-state index contributed by atoms with van der Waals surface area (Å²) in [5.41, 5.74) is 0. The summed E-state index contributed by atoms with van der Waals surface area (Å²) in [5.74, 6) is -0.968. The number of likely N-dealkylation sites (N-methyl/N-ethyl adjacent to an activating group) is 1. The zero-order valence-electron chi connectivity index (χ0n) is 37.3. The number of phosphoric ester groups is 1. The van der Waals surface area contributed by atoms with Crippen molar-refractivity contribution in [1.82, 2.24) is 0 Å². The van der Waals surface area contributed by atoms with Gasteiger partial charge in [0.1, 0.15) is 19.8 Å². The summed E-state index contributed by atoms with van der Waals surface area (Å²) >= 11 is 0. The Morgan fingerprint density at radius 2 is 1.19 bits per heavy atom. The molecule has 0 aliphatic carbocycles. The lowest BCUT2D eigenvalue weighted by atomic mass is 10.1. The van der Waals surface area contributed by atoms with E-state index in [1.807, 2.05) is 39.4 Å². The molecule has 0 saturated heterocycles. The van der Waals surface area contributed by atoms with Crippen LogP contribution in [-0.2, 0) is 32.7 Å². The smallest absolute Gasteiger partial charge is 0.462 e. The standard InChI is InChI=1S/C48H80NO9P/c1-6-8-10-12-14-16-17-18-19-20-21-22-23-25-27-31-35-39-47(51)55-43-46(44-57-59(53,54)56-42-41-49(3,4)5)58-48(52)40-36-32-28-30-34-38-45(50)37-33-29-26-24-15-13-11-9-7-2/h8,10,14-16,18-19,21-22,24,28-30,33-34,38,45-46,50H,6-7,9,11-13,17,20,23,25-27,31-32,35-37,39-44H2,1-5H3/p+1/b10-8-,16-14-,19-18-,22-21-,24-15-,30-28+,33-29-,38-34-/t45?,46-/m1/s1. The van der Waals surface area contributed by atoms with E-state index in [1.165, 1.54) is 19.3 Å². The molecule has 0 aromatic carbocycles. The molecule has 0 amide bonds. The Bertz CT molecular complexity index is 1340. The number of carbonyl (C=O) groups excluding carboxylic acids is 2. The molecule has 2 unspecified atom stereocenters. The molecule has 2 N–H and O–H groups in total. The van der Waals surface area contributed by atoms with Crippen molar-refractivity contribution in [2.45, 2.75) is 148 Å². The minimum Gasteiger partial charge on any atom is -0.462 e. The van der Waals surface area contributed by atoms with Gasteiger partial charge in [-0.05, 0) is 83.5 Å². The lowest BCUT2D eigenvalue weighted by Gasteiger charge is -2.24. The molecular weight excluding hydrogens is 765 g/mol. The van der Waals surface area contributed by atoms with E-state index in [4.69, 9.17) is 18.5 Å². The van der Waals surface area contributed by atoms with Gasteiger partial charge in [-0.25, -0.2) is 4.57 Å². The highest BCUT2D eigenvalue weighted by atomic mass is 31.2. The maximum atomic E-state index is 12.7. The minimum atomic E-state index is -4.43. The van der Waals surface area contributed by atoms with Crippen LogP contribution in [0.4, 0.5) is 0 Å². The van der Waals surface area contributed by atoms with Gasteiger partial charge in [-0.15, -0.1) is 0 Å². The van der Waals surface area contributed by atoms with Crippen LogP contribution in [0.5, 0.6) is 0 Å². The first-order chi connectivity index (χ1) is 28.4. The van der Waals surface area contributed by atoms with Crippen LogP contribution in [0.1, 0.15) is 136 Å². The SMILES string of the molecule is CC/C=C\C/C=C\C/C=C\C/C=C\CCCCCCC(=O)OC[C@H](COP(=O)(O)OCC[N+](C)(C)C)OC(=O)CCC/C=C/C=C\C(O)C/C=C\C/C=C\CCCCC. The number of aliphatic hydroxyl groups is 1. The average Bonchev–Trinajstić information content (AvgIpc) is 3.18. The van der Waals surface area contributed by atoms with Crippen molar-refractivity contribution < 1.29 is 47.2 Å². The summed E-state index contributed by atoms with van der Waals surface area (Å²) in [4.78, 5) is 35.4. The van der Waals surface area contributed by atoms with Gasteiger partial charge < -0.3 is 24.0 Å². The number of allylic oxidation sites excluding steroid dienone is 14. The lowest BCUT2D eigenvalue weighted by molar-refractivity contribution is -0.870. The molecule has 0 aliphatic rings. The van der Waals surface area contributed by atoms with E-state index in [1.54, 1.807) is 12.2 Å². The second-order valence-electron chi connectivity index (χ2n) is 15.5. The van der Waals surface area contributed by atoms with Crippen LogP contribution < -0.4 is 0 Å². The molecular formula is C48H81NO9P+. The normalized spacial score (nSPS) is 15.0. The summed E-state index contributed by atoms with van der Waals surface area (Å²) in [6, 6.07) is 0. The van der Waals surface area contributed by atoms with Crippen molar-refractivity contribution in [2.24, 2.45) is 0 Å². The van der Waals surface area contributed by atoms with E-state index in [0.29, 0.717) is 36.7 Å². The topological polar surface area (TPSA) is 129 Å². The quantitative estimate of drug-likeness (QED) is 0.0156. The van der Waals surface area contributed by atoms with Crippen molar-refractivity contribution in [1.29, 1.82) is 0 Å². The molecule has 0 rings (SSSR count). The Labute approximate surface area is 358 Å². The number of quaternary nitrogens is 1. The van der Waals surface area contributed by atoms with Crippen LogP contribution in [0.2, 0.25) is 0 Å². The molecule has 0 radical (unpaired) electrons. The zero-order chi connectivity index (χ0) is 43.7. The third-order valence-electron chi connectivity index (χ3n) is 8.68. The average molecular weight is 847 g/mol. The van der Waals surface area contributed by atoms with Crippen LogP contribution in [0.25, 0.3) is 0 Å². The van der Waals surface area contributed by atoms with Gasteiger partial charge in [0, 0.05) is 12.8 Å². The number of phosphoric acid groups is 1. The van der Waals surface area contributed by atoms with Crippen molar-refractivity contribution in [3.05, 3.63) is 97.2 Å². The Kier molecular flexibility index (Phi) is 37.0. The maximum absolute atomic E-state index is 12.7. The molecule has 59 heavy (non-hydrogen) atoms. The highest BCUT2D eigenvalue weighted by Crippen LogP contribution is 2.43. The maximum Gasteiger partial charge on any atom is 0.472 e. The number of hydrogen-bond acceptors (Lipinski definition) is 8. The Balaban J connectivity index is 4.61. The molecule has 10 nitrogen and oxygen atoms in total. The molecule has 11 heteroatoms. The van der Waals surface area contributed by atoms with Crippen LogP contribution >= 0.6 is 7.82 Å². The monoisotopic (exact) mass is 847 g/mol. The van der Waals surface area contributed by atoms with Crippen LogP contribution in [0.3, 0.4) is 0 Å². The Morgan fingerprint density at radius 3 is 1.81 bits per heavy atom. The summed E-state index contributed by atoms with van der Waals surface area (Å²) < 4.78 is 34.1. The predicted molar refractivity (Wildman–Crippen MR) is 244 cm³/mol. The number of unbranched alkanes of at least 4 members (excludes halogenated alkanes) is 8. The first kappa shape index (κ1) is 55.9. The third kappa shape index (κ3) is 42.8. The van der Waals surface area contributed by atoms with Gasteiger partial charge in [-0.3, -0.25) is 18.6 Å². The molecule has 0 aromatic heterocycles. The van der Waals surface area contributed by atoms with Gasteiger partial charge in [0.05, 0.1) is 33.9 Å². The molecule has 0 fully saturated rings. The highest BCUT2D eigenvalue weighted by molar-refractivity contribution is 7.47. The second kappa shape index (κ2) is 39.1. The van der Waals surface area contributed by atoms with Crippen LogP contribution in [-0.4, -0.2) is 86.1 Å². The lowest BCUT2D eigenvalue weighted by Crippen LogP contribution is -2.37. The number of carbonyl (C=O) groups is 2. The third-order valence-corrected chi connectivity index (χ3v) is 9.66. The number of ether oxygens (including phenoxy) is 2. The van der Waals surface area contributed by atoms with E-state index < -0.39 is 38.6 Å². The molecule has 336 valence electrons. The van der Waals surface area contributed by atoms with E-state index in [-0.39, 0.29) is 26.1 Å². The van der Waals surface area contributed by atoms with Crippen molar-refractivity contribution in [3.63, 3.8) is 0 Å². The van der Waals surface area contributed by atoms with Gasteiger partial charge in [-0.1, -0.05) is 137 Å². The van der Waals surface area contributed by atoms with Gasteiger partial charge in [0.25, 0.3) is 0 Å². The molecule has 3 atom stereocenters. The number of hydrogen-bond donors (Lipinski definition) is 2. The van der Waals surface area contributed by atoms with Crippen LogP contribution in [0.15, 0.2) is 97.2 Å². The van der Waals surface area contributed by atoms with Crippen molar-refractivity contribution in [3.8, 4) is 0 Å². The largest absolute Gasteiger partial charge is 0.472 e. The number of rotatable bonds is 38. The number of esters is 2. The molecule has 0 heterocycles. The molecule has 0 saturated carbocycles. The number of nitrogens with zero attached hydrogens (tertiary/aromatic N) is 1. The summed E-state index contributed by atoms with van der Waals surface area (Å²) in [6.45, 7) is 4.05. The summed E-state index contributed by atoms with van der Waals surface area (Å²) in [5, 5.41) is 10.2. The molecule has 0 spiro atoms. The van der Waals surface area contributed by atoms with E-state index in [2.05, 4.69) is 80.7 Å².